The lowest BCUT2D eigenvalue weighted by Gasteiger charge is -2.29. The smallest absolute Gasteiger partial charge is 0.254 e. The molecule has 0 N–H and O–H groups in total. The Morgan fingerprint density at radius 3 is 2.27 bits per heavy atom. The van der Waals surface area contributed by atoms with Crippen LogP contribution < -0.4 is 4.90 Å². The van der Waals surface area contributed by atoms with E-state index in [1.807, 2.05) is 65.3 Å². The number of nitrogens with zero attached hydrogens (tertiary/aromatic N) is 3. The molecule has 37 heavy (non-hydrogen) atoms. The van der Waals surface area contributed by atoms with Crippen molar-refractivity contribution in [3.8, 4) is 0 Å². The molecule has 0 saturated carbocycles. The first kappa shape index (κ1) is 26.6. The second-order valence-corrected chi connectivity index (χ2v) is 10.4. The van der Waals surface area contributed by atoms with Crippen LogP contribution in [-0.4, -0.2) is 47.8 Å². The van der Waals surface area contributed by atoms with Crippen LogP contribution >= 0.6 is 0 Å². The average molecular weight is 498 g/mol. The van der Waals surface area contributed by atoms with Crippen molar-refractivity contribution in [2.45, 2.75) is 46.7 Å². The highest BCUT2D eigenvalue weighted by Crippen LogP contribution is 2.26. The zero-order valence-electron chi connectivity index (χ0n) is 22.4. The van der Waals surface area contributed by atoms with Crippen molar-refractivity contribution in [3.05, 3.63) is 101 Å². The van der Waals surface area contributed by atoms with Crippen LogP contribution in [0.5, 0.6) is 0 Å². The lowest BCUT2D eigenvalue weighted by Crippen LogP contribution is -2.38. The van der Waals surface area contributed by atoms with Gasteiger partial charge in [0.15, 0.2) is 0 Å². The summed E-state index contributed by atoms with van der Waals surface area (Å²) in [5.41, 5.74) is 4.90. The summed E-state index contributed by atoms with van der Waals surface area (Å²) in [5.74, 6) is 0.464. The highest BCUT2D eigenvalue weighted by Gasteiger charge is 2.25. The molecular formula is C32H39N3O2. The van der Waals surface area contributed by atoms with Gasteiger partial charge in [-0.25, -0.2) is 0 Å². The molecule has 0 unspecified atom stereocenters. The Morgan fingerprint density at radius 2 is 1.51 bits per heavy atom. The Labute approximate surface area is 221 Å². The number of carbonyl (C=O) groups excluding carboxylic acids is 2. The van der Waals surface area contributed by atoms with Crippen molar-refractivity contribution >= 4 is 17.5 Å². The summed E-state index contributed by atoms with van der Waals surface area (Å²) >= 11 is 0. The van der Waals surface area contributed by atoms with E-state index in [0.717, 1.165) is 48.4 Å². The van der Waals surface area contributed by atoms with Crippen molar-refractivity contribution in [2.24, 2.45) is 5.92 Å². The number of para-hydroxylation sites is 1. The molecule has 0 bridgehead atoms. The molecular weight excluding hydrogens is 458 g/mol. The molecule has 0 aliphatic carbocycles. The van der Waals surface area contributed by atoms with Gasteiger partial charge in [0.05, 0.1) is 0 Å². The Hall–Kier alpha value is -3.44. The third kappa shape index (κ3) is 7.07. The number of hydrogen-bond acceptors (Lipinski definition) is 3. The monoisotopic (exact) mass is 497 g/mol. The molecule has 0 radical (unpaired) electrons. The highest BCUT2D eigenvalue weighted by atomic mass is 16.2. The minimum absolute atomic E-state index is 0.0341. The van der Waals surface area contributed by atoms with Gasteiger partial charge in [-0.15, -0.1) is 0 Å². The Morgan fingerprint density at radius 1 is 0.811 bits per heavy atom. The van der Waals surface area contributed by atoms with E-state index >= 15 is 0 Å². The standard InChI is InChI=1S/C32H39N3O2/c1-25(2)22-31(36)35-19-11-18-33(23-27-13-5-4-6-14-27)20-21-34(24-28-15-8-10-17-30(28)35)32(37)29-16-9-7-12-26(29)3/h4-10,12-17,25H,11,18-24H2,1-3H3. The van der Waals surface area contributed by atoms with Crippen molar-refractivity contribution in [1.82, 2.24) is 9.80 Å². The van der Waals surface area contributed by atoms with E-state index in [1.165, 1.54) is 5.56 Å². The summed E-state index contributed by atoms with van der Waals surface area (Å²) in [6.07, 6.45) is 1.38. The van der Waals surface area contributed by atoms with E-state index in [4.69, 9.17) is 0 Å². The first-order chi connectivity index (χ1) is 17.9. The predicted octanol–water partition coefficient (Wildman–Crippen LogP) is 5.92. The molecule has 0 saturated heterocycles. The highest BCUT2D eigenvalue weighted by molar-refractivity contribution is 5.96. The number of rotatable bonds is 5. The van der Waals surface area contributed by atoms with Gasteiger partial charge in [0.1, 0.15) is 0 Å². The van der Waals surface area contributed by atoms with Crippen molar-refractivity contribution in [1.29, 1.82) is 0 Å². The quantitative estimate of drug-likeness (QED) is 0.439. The van der Waals surface area contributed by atoms with Crippen molar-refractivity contribution in [3.63, 3.8) is 0 Å². The first-order valence-electron chi connectivity index (χ1n) is 13.4. The van der Waals surface area contributed by atoms with Gasteiger partial charge in [0, 0.05) is 56.9 Å². The lowest BCUT2D eigenvalue weighted by atomic mass is 10.1. The molecule has 0 fully saturated rings. The molecule has 194 valence electrons. The van der Waals surface area contributed by atoms with Gasteiger partial charge in [-0.05, 0) is 48.1 Å². The van der Waals surface area contributed by atoms with E-state index in [1.54, 1.807) is 0 Å². The molecule has 2 amide bonds. The number of carbonyl (C=O) groups is 2. The largest absolute Gasteiger partial charge is 0.333 e. The number of aryl methyl sites for hydroxylation is 1. The summed E-state index contributed by atoms with van der Waals surface area (Å²) in [4.78, 5) is 33.6. The van der Waals surface area contributed by atoms with Crippen LogP contribution in [0.1, 0.15) is 53.7 Å². The summed E-state index contributed by atoms with van der Waals surface area (Å²) < 4.78 is 0. The van der Waals surface area contributed by atoms with Gasteiger partial charge in [-0.3, -0.25) is 14.5 Å². The molecule has 1 aliphatic heterocycles. The number of hydrogen-bond donors (Lipinski definition) is 0. The maximum Gasteiger partial charge on any atom is 0.254 e. The molecule has 0 aromatic heterocycles. The van der Waals surface area contributed by atoms with Crippen molar-refractivity contribution < 1.29 is 9.59 Å². The maximum atomic E-state index is 13.8. The molecule has 1 heterocycles. The van der Waals surface area contributed by atoms with Gasteiger partial charge in [0.25, 0.3) is 5.91 Å². The molecule has 4 rings (SSSR count). The summed E-state index contributed by atoms with van der Waals surface area (Å²) in [6.45, 7) is 10.4. The normalized spacial score (nSPS) is 15.2. The van der Waals surface area contributed by atoms with Crippen LogP contribution in [-0.2, 0) is 17.9 Å². The predicted molar refractivity (Wildman–Crippen MR) is 151 cm³/mol. The minimum Gasteiger partial charge on any atom is -0.333 e. The number of benzene rings is 3. The van der Waals surface area contributed by atoms with Crippen LogP contribution in [0.2, 0.25) is 0 Å². The fourth-order valence-corrected chi connectivity index (χ4v) is 5.01. The number of anilines is 1. The maximum absolute atomic E-state index is 13.8. The SMILES string of the molecule is Cc1ccccc1C(=O)N1CCN(Cc2ccccc2)CCCN(C(=O)CC(C)C)c2ccccc2C1. The van der Waals surface area contributed by atoms with Crippen LogP contribution in [0.4, 0.5) is 5.69 Å². The Kier molecular flexibility index (Phi) is 9.13. The minimum atomic E-state index is 0.0341. The lowest BCUT2D eigenvalue weighted by molar-refractivity contribution is -0.119. The van der Waals surface area contributed by atoms with E-state index < -0.39 is 0 Å². The molecule has 5 nitrogen and oxygen atoms in total. The summed E-state index contributed by atoms with van der Waals surface area (Å²) in [7, 11) is 0. The first-order valence-corrected chi connectivity index (χ1v) is 13.4. The molecule has 1 aliphatic rings. The van der Waals surface area contributed by atoms with Gasteiger partial charge >= 0.3 is 0 Å². The second kappa shape index (κ2) is 12.7. The summed E-state index contributed by atoms with van der Waals surface area (Å²) in [6, 6.07) is 26.3. The van der Waals surface area contributed by atoms with Crippen molar-refractivity contribution in [2.75, 3.05) is 31.1 Å². The fraction of sp³-hybridized carbons (Fsp3) is 0.375. The molecule has 0 spiro atoms. The molecule has 5 heteroatoms. The zero-order valence-corrected chi connectivity index (χ0v) is 22.4. The van der Waals surface area contributed by atoms with E-state index in [-0.39, 0.29) is 17.7 Å². The zero-order chi connectivity index (χ0) is 26.2. The molecule has 3 aromatic rings. The van der Waals surface area contributed by atoms with Gasteiger partial charge in [0.2, 0.25) is 5.91 Å². The third-order valence-electron chi connectivity index (χ3n) is 6.98. The second-order valence-electron chi connectivity index (χ2n) is 10.4. The van der Waals surface area contributed by atoms with Gasteiger partial charge in [-0.2, -0.15) is 0 Å². The van der Waals surface area contributed by atoms with Gasteiger partial charge in [-0.1, -0.05) is 80.6 Å². The van der Waals surface area contributed by atoms with Crippen LogP contribution in [0, 0.1) is 12.8 Å². The Balaban J connectivity index is 1.69. The topological polar surface area (TPSA) is 43.9 Å². The van der Waals surface area contributed by atoms with Crippen LogP contribution in [0.25, 0.3) is 0 Å². The van der Waals surface area contributed by atoms with Crippen LogP contribution in [0.3, 0.4) is 0 Å². The average Bonchev–Trinajstić information content (AvgIpc) is 2.92. The Bertz CT molecular complexity index is 1190. The van der Waals surface area contributed by atoms with Gasteiger partial charge < -0.3 is 9.80 Å². The van der Waals surface area contributed by atoms with E-state index in [0.29, 0.717) is 26.1 Å². The fourth-order valence-electron chi connectivity index (χ4n) is 5.01. The number of amides is 2. The van der Waals surface area contributed by atoms with Crippen LogP contribution in [0.15, 0.2) is 78.9 Å². The molecule has 0 atom stereocenters. The summed E-state index contributed by atoms with van der Waals surface area (Å²) in [5, 5.41) is 0. The third-order valence-corrected chi connectivity index (χ3v) is 6.98. The van der Waals surface area contributed by atoms with E-state index in [9.17, 15) is 9.59 Å². The van der Waals surface area contributed by atoms with E-state index in [2.05, 4.69) is 49.1 Å². The number of fused-ring (bicyclic) bond motifs is 1. The molecule has 3 aromatic carbocycles.